The van der Waals surface area contributed by atoms with Gasteiger partial charge in [0.05, 0.1) is 32.6 Å². The number of allylic oxidation sites excluding steroid dienone is 3. The van der Waals surface area contributed by atoms with Crippen LogP contribution in [0.1, 0.15) is 12.8 Å². The highest BCUT2D eigenvalue weighted by Gasteiger charge is 2.36. The van der Waals surface area contributed by atoms with Gasteiger partial charge >= 0.3 is 0 Å². The molecule has 0 spiro atoms. The Kier molecular flexibility index (Phi) is 5.02. The van der Waals surface area contributed by atoms with Crippen molar-refractivity contribution in [1.82, 2.24) is 0 Å². The lowest BCUT2D eigenvalue weighted by Crippen LogP contribution is -2.25. The predicted octanol–water partition coefficient (Wildman–Crippen LogP) is 9.17. The third-order valence-electron chi connectivity index (χ3n) is 8.44. The number of para-hydroxylation sites is 6. The van der Waals surface area contributed by atoms with Crippen molar-refractivity contribution in [1.29, 1.82) is 0 Å². The molecular weight excluding hydrogens is 556 g/mol. The number of nitrogens with zero attached hydrogens (tertiary/aromatic N) is 2. The van der Waals surface area contributed by atoms with Crippen LogP contribution in [0.4, 0.5) is 28.4 Å². The summed E-state index contributed by atoms with van der Waals surface area (Å²) in [7, 11) is -3.67. The summed E-state index contributed by atoms with van der Waals surface area (Å²) in [6.45, 7) is 0. The Morgan fingerprint density at radius 2 is 1.09 bits per heavy atom. The van der Waals surface area contributed by atoms with Crippen LogP contribution < -0.4 is 19.3 Å². The van der Waals surface area contributed by atoms with Crippen LogP contribution in [0.2, 0.25) is 0 Å². The van der Waals surface area contributed by atoms with Crippen LogP contribution in [-0.4, -0.2) is 8.42 Å². The summed E-state index contributed by atoms with van der Waals surface area (Å²) in [6.07, 6.45) is 5.89. The molecule has 0 radical (unpaired) electrons. The second kappa shape index (κ2) is 8.86. The van der Waals surface area contributed by atoms with Crippen molar-refractivity contribution in [3.63, 3.8) is 0 Å². The first-order valence-corrected chi connectivity index (χ1v) is 15.7. The Morgan fingerprint density at radius 1 is 0.581 bits per heavy atom. The lowest BCUT2D eigenvalue weighted by atomic mass is 10.0. The van der Waals surface area contributed by atoms with Gasteiger partial charge in [-0.2, -0.15) is 0 Å². The minimum atomic E-state index is -3.67. The maximum absolute atomic E-state index is 13.8. The number of anilines is 5. The molecule has 9 rings (SSSR count). The Bertz CT molecular complexity index is 2140. The third kappa shape index (κ3) is 3.49. The van der Waals surface area contributed by atoms with E-state index in [0.29, 0.717) is 20.9 Å². The van der Waals surface area contributed by atoms with Gasteiger partial charge in [0.15, 0.2) is 17.2 Å². The molecule has 5 aromatic rings. The van der Waals surface area contributed by atoms with E-state index < -0.39 is 9.84 Å². The van der Waals surface area contributed by atoms with Gasteiger partial charge in [-0.3, -0.25) is 0 Å². The first-order valence-electron chi connectivity index (χ1n) is 14.2. The minimum Gasteiger partial charge on any atom is -0.453 e. The van der Waals surface area contributed by atoms with Gasteiger partial charge in [-0.15, -0.1) is 0 Å². The zero-order chi connectivity index (χ0) is 28.7. The number of fused-ring (bicyclic) bond motifs is 6. The zero-order valence-electron chi connectivity index (χ0n) is 22.9. The molecule has 6 nitrogen and oxygen atoms in total. The highest BCUT2D eigenvalue weighted by atomic mass is 32.2. The summed E-state index contributed by atoms with van der Waals surface area (Å²) >= 11 is 0. The van der Waals surface area contributed by atoms with E-state index in [0.717, 1.165) is 70.0 Å². The SMILES string of the molecule is O=S1(=O)c2ccc(N3C4=C(C=CCC4)Oc4ccccc43)cc2-c2cc(N3c4ccccc4Oc4ccccc43)ccc21. The molecule has 3 heterocycles. The summed E-state index contributed by atoms with van der Waals surface area (Å²) in [5.74, 6) is 3.08. The van der Waals surface area contributed by atoms with E-state index in [1.165, 1.54) is 0 Å². The van der Waals surface area contributed by atoms with Crippen molar-refractivity contribution in [2.45, 2.75) is 22.6 Å². The van der Waals surface area contributed by atoms with Crippen molar-refractivity contribution in [3.8, 4) is 28.4 Å². The first kappa shape index (κ1) is 24.3. The second-order valence-corrected chi connectivity index (χ2v) is 12.8. The van der Waals surface area contributed by atoms with Crippen molar-refractivity contribution in [3.05, 3.63) is 133 Å². The molecule has 0 unspecified atom stereocenters. The average Bonchev–Trinajstić information content (AvgIpc) is 3.27. The number of sulfone groups is 1. The summed E-state index contributed by atoms with van der Waals surface area (Å²) < 4.78 is 40.0. The summed E-state index contributed by atoms with van der Waals surface area (Å²) in [5.41, 5.74) is 6.93. The van der Waals surface area contributed by atoms with E-state index in [2.05, 4.69) is 15.9 Å². The molecule has 0 saturated carbocycles. The van der Waals surface area contributed by atoms with E-state index in [9.17, 15) is 8.42 Å². The largest absolute Gasteiger partial charge is 0.453 e. The molecule has 4 aliphatic rings. The fourth-order valence-corrected chi connectivity index (χ4v) is 8.18. The zero-order valence-corrected chi connectivity index (χ0v) is 23.7. The molecule has 3 aliphatic heterocycles. The van der Waals surface area contributed by atoms with Gasteiger partial charge in [0.25, 0.3) is 0 Å². The first-order chi connectivity index (χ1) is 21.1. The Balaban J connectivity index is 1.23. The van der Waals surface area contributed by atoms with Crippen LogP contribution in [-0.2, 0) is 9.84 Å². The van der Waals surface area contributed by atoms with Crippen molar-refractivity contribution >= 4 is 38.3 Å². The van der Waals surface area contributed by atoms with Gasteiger partial charge in [-0.05, 0) is 91.7 Å². The van der Waals surface area contributed by atoms with Gasteiger partial charge in [-0.25, -0.2) is 8.42 Å². The number of hydrogen-bond donors (Lipinski definition) is 0. The van der Waals surface area contributed by atoms with E-state index in [1.807, 2.05) is 103 Å². The fraction of sp³-hybridized carbons (Fsp3) is 0.0556. The molecule has 1 aliphatic carbocycles. The second-order valence-electron chi connectivity index (χ2n) is 10.9. The van der Waals surface area contributed by atoms with Gasteiger partial charge in [0.1, 0.15) is 5.76 Å². The smallest absolute Gasteiger partial charge is 0.207 e. The molecule has 0 saturated heterocycles. The highest BCUT2D eigenvalue weighted by molar-refractivity contribution is 7.92. The van der Waals surface area contributed by atoms with E-state index in [4.69, 9.17) is 9.47 Å². The van der Waals surface area contributed by atoms with Crippen molar-refractivity contribution < 1.29 is 17.9 Å². The predicted molar refractivity (Wildman–Crippen MR) is 167 cm³/mol. The number of ether oxygens (including phenoxy) is 2. The standard InChI is InChI=1S/C36H24N2O4S/c39-43(40)35-19-17-23(37-27-9-1-5-13-31(27)41-32-14-6-2-10-28(32)37)21-25(35)26-22-24(18-20-36(26)43)38-29-11-3-7-15-33(29)42-34-16-8-4-12-30(34)38/h1-3,5-11,13-22H,4,12H2. The van der Waals surface area contributed by atoms with Crippen molar-refractivity contribution in [2.24, 2.45) is 0 Å². The van der Waals surface area contributed by atoms with Gasteiger partial charge in [-0.1, -0.05) is 42.5 Å². The van der Waals surface area contributed by atoms with Crippen LogP contribution in [0, 0.1) is 0 Å². The molecule has 0 amide bonds. The highest BCUT2D eigenvalue weighted by Crippen LogP contribution is 2.53. The molecule has 5 aromatic carbocycles. The van der Waals surface area contributed by atoms with Gasteiger partial charge in [0, 0.05) is 22.5 Å². The average molecular weight is 581 g/mol. The van der Waals surface area contributed by atoms with Crippen LogP contribution in [0.3, 0.4) is 0 Å². The Labute approximate surface area is 249 Å². The van der Waals surface area contributed by atoms with Crippen LogP contribution in [0.15, 0.2) is 143 Å². The molecule has 0 N–H and O–H groups in total. The number of rotatable bonds is 2. The number of benzene rings is 5. The summed E-state index contributed by atoms with van der Waals surface area (Å²) in [5, 5.41) is 0. The van der Waals surface area contributed by atoms with E-state index in [-0.39, 0.29) is 0 Å². The molecular formula is C36H24N2O4S. The lowest BCUT2D eigenvalue weighted by molar-refractivity contribution is 0.421. The maximum Gasteiger partial charge on any atom is 0.207 e. The van der Waals surface area contributed by atoms with Crippen LogP contribution >= 0.6 is 0 Å². The normalized spacial score (nSPS) is 16.7. The quantitative estimate of drug-likeness (QED) is 0.203. The van der Waals surface area contributed by atoms with E-state index >= 15 is 0 Å². The molecule has 208 valence electrons. The summed E-state index contributed by atoms with van der Waals surface area (Å²) in [6, 6.07) is 35.0. The van der Waals surface area contributed by atoms with E-state index in [1.54, 1.807) is 12.1 Å². The van der Waals surface area contributed by atoms with Crippen LogP contribution in [0.5, 0.6) is 17.2 Å². The Morgan fingerprint density at radius 3 is 1.70 bits per heavy atom. The molecule has 0 atom stereocenters. The molecule has 0 aromatic heterocycles. The molecule has 43 heavy (non-hydrogen) atoms. The Hall–Kier alpha value is -5.27. The monoisotopic (exact) mass is 580 g/mol. The lowest BCUT2D eigenvalue weighted by Gasteiger charge is -2.35. The number of hydrogen-bond acceptors (Lipinski definition) is 6. The molecule has 7 heteroatoms. The maximum atomic E-state index is 13.8. The topological polar surface area (TPSA) is 59.1 Å². The fourth-order valence-electron chi connectivity index (χ4n) is 6.54. The third-order valence-corrected chi connectivity index (χ3v) is 10.3. The molecule has 0 bridgehead atoms. The van der Waals surface area contributed by atoms with Gasteiger partial charge < -0.3 is 19.3 Å². The van der Waals surface area contributed by atoms with Crippen molar-refractivity contribution in [2.75, 3.05) is 9.80 Å². The summed E-state index contributed by atoms with van der Waals surface area (Å²) in [4.78, 5) is 4.99. The van der Waals surface area contributed by atoms with Gasteiger partial charge in [0.2, 0.25) is 9.84 Å². The minimum absolute atomic E-state index is 0.320. The van der Waals surface area contributed by atoms with Crippen LogP contribution in [0.25, 0.3) is 11.1 Å². The molecule has 0 fully saturated rings.